The van der Waals surface area contributed by atoms with Crippen LogP contribution in [0.3, 0.4) is 0 Å². The maximum absolute atomic E-state index is 10.9. The molecule has 0 amide bonds. The lowest BCUT2D eigenvalue weighted by Crippen LogP contribution is -1.91. The molecule has 0 heterocycles. The number of ether oxygens (including phenoxy) is 1. The van der Waals surface area contributed by atoms with Crippen molar-refractivity contribution in [1.29, 1.82) is 0 Å². The first-order chi connectivity index (χ1) is 8.22. The van der Waals surface area contributed by atoms with E-state index >= 15 is 0 Å². The van der Waals surface area contributed by atoms with E-state index in [2.05, 4.69) is 0 Å². The molecule has 0 aromatic heterocycles. The molecular formula is C13H11NO3. The molecule has 0 unspecified atom stereocenters. The van der Waals surface area contributed by atoms with Crippen molar-refractivity contribution in [3.05, 3.63) is 58.6 Å². The second kappa shape index (κ2) is 4.65. The van der Waals surface area contributed by atoms with Gasteiger partial charge in [0.15, 0.2) is 0 Å². The van der Waals surface area contributed by atoms with Crippen LogP contribution in [0.25, 0.3) is 11.1 Å². The van der Waals surface area contributed by atoms with Crippen molar-refractivity contribution in [2.45, 2.75) is 0 Å². The number of nitrogens with zero attached hydrogens (tertiary/aromatic N) is 1. The van der Waals surface area contributed by atoms with Crippen molar-refractivity contribution in [3.8, 4) is 16.9 Å². The largest absolute Gasteiger partial charge is 0.497 e. The minimum atomic E-state index is -0.380. The highest BCUT2D eigenvalue weighted by Gasteiger charge is 2.14. The third-order valence-electron chi connectivity index (χ3n) is 2.48. The summed E-state index contributed by atoms with van der Waals surface area (Å²) < 4.78 is 5.11. The summed E-state index contributed by atoms with van der Waals surface area (Å²) in [5.41, 5.74) is 1.47. The number of hydrogen-bond acceptors (Lipinski definition) is 3. The molecule has 17 heavy (non-hydrogen) atoms. The van der Waals surface area contributed by atoms with Gasteiger partial charge in [-0.25, -0.2) is 0 Å². The topological polar surface area (TPSA) is 52.4 Å². The molecule has 86 valence electrons. The average molecular weight is 229 g/mol. The fraction of sp³-hybridized carbons (Fsp3) is 0.0769. The van der Waals surface area contributed by atoms with Crippen LogP contribution in [0.1, 0.15) is 0 Å². The second-order valence-electron chi connectivity index (χ2n) is 3.51. The molecule has 0 aliphatic heterocycles. The molecule has 0 atom stereocenters. The zero-order chi connectivity index (χ0) is 12.3. The Bertz CT molecular complexity index is 552. The number of benzene rings is 2. The highest BCUT2D eigenvalue weighted by atomic mass is 16.6. The minimum absolute atomic E-state index is 0.0979. The van der Waals surface area contributed by atoms with E-state index in [1.54, 1.807) is 37.4 Å². The van der Waals surface area contributed by atoms with Gasteiger partial charge < -0.3 is 4.74 Å². The van der Waals surface area contributed by atoms with Gasteiger partial charge in [0.2, 0.25) is 0 Å². The van der Waals surface area contributed by atoms with E-state index in [0.717, 1.165) is 5.56 Å². The zero-order valence-corrected chi connectivity index (χ0v) is 9.29. The van der Waals surface area contributed by atoms with Crippen molar-refractivity contribution in [2.24, 2.45) is 0 Å². The molecule has 4 heteroatoms. The van der Waals surface area contributed by atoms with E-state index in [1.807, 2.05) is 12.1 Å². The molecule has 2 rings (SSSR count). The molecule has 4 nitrogen and oxygen atoms in total. The Morgan fingerprint density at radius 1 is 1.12 bits per heavy atom. The summed E-state index contributed by atoms with van der Waals surface area (Å²) in [5.74, 6) is 0.681. The zero-order valence-electron chi connectivity index (χ0n) is 9.29. The maximum Gasteiger partial charge on any atom is 0.277 e. The summed E-state index contributed by atoms with van der Waals surface area (Å²) in [6.45, 7) is 0. The molecule has 0 radical (unpaired) electrons. The third-order valence-corrected chi connectivity index (χ3v) is 2.48. The smallest absolute Gasteiger partial charge is 0.277 e. The molecular weight excluding hydrogens is 218 g/mol. The Kier molecular flexibility index (Phi) is 3.05. The highest BCUT2D eigenvalue weighted by molar-refractivity contribution is 5.74. The SMILES string of the molecule is COc1cccc(-c2ccccc2[N+](=O)[O-])c1. The number of rotatable bonds is 3. The summed E-state index contributed by atoms with van der Waals surface area (Å²) in [4.78, 5) is 10.5. The summed E-state index contributed by atoms with van der Waals surface area (Å²) >= 11 is 0. The Morgan fingerprint density at radius 3 is 2.59 bits per heavy atom. The van der Waals surface area contributed by atoms with Crippen LogP contribution in [0.15, 0.2) is 48.5 Å². The normalized spacial score (nSPS) is 9.94. The van der Waals surface area contributed by atoms with E-state index in [4.69, 9.17) is 4.74 Å². The molecule has 2 aromatic rings. The van der Waals surface area contributed by atoms with Crippen molar-refractivity contribution < 1.29 is 9.66 Å². The molecule has 2 aromatic carbocycles. The molecule has 0 N–H and O–H groups in total. The van der Waals surface area contributed by atoms with Crippen LogP contribution < -0.4 is 4.74 Å². The van der Waals surface area contributed by atoms with Gasteiger partial charge in [-0.1, -0.05) is 24.3 Å². The van der Waals surface area contributed by atoms with E-state index in [9.17, 15) is 10.1 Å². The fourth-order valence-corrected chi connectivity index (χ4v) is 1.67. The highest BCUT2D eigenvalue weighted by Crippen LogP contribution is 2.31. The Morgan fingerprint density at radius 2 is 1.88 bits per heavy atom. The van der Waals surface area contributed by atoms with Gasteiger partial charge in [0.1, 0.15) is 5.75 Å². The van der Waals surface area contributed by atoms with Gasteiger partial charge in [0.25, 0.3) is 5.69 Å². The molecule has 0 aliphatic rings. The van der Waals surface area contributed by atoms with Crippen molar-refractivity contribution in [2.75, 3.05) is 7.11 Å². The Labute approximate surface area is 98.6 Å². The van der Waals surface area contributed by atoms with Gasteiger partial charge in [-0.3, -0.25) is 10.1 Å². The molecule has 0 saturated heterocycles. The molecule has 0 spiro atoms. The van der Waals surface area contributed by atoms with Crippen molar-refractivity contribution in [1.82, 2.24) is 0 Å². The number of nitro groups is 1. The number of para-hydroxylation sites is 1. The summed E-state index contributed by atoms with van der Waals surface area (Å²) in [5, 5.41) is 10.9. The maximum atomic E-state index is 10.9. The van der Waals surface area contributed by atoms with Crippen molar-refractivity contribution >= 4 is 5.69 Å². The average Bonchev–Trinajstić information content (AvgIpc) is 2.39. The first-order valence-corrected chi connectivity index (χ1v) is 5.10. The van der Waals surface area contributed by atoms with Gasteiger partial charge in [0, 0.05) is 6.07 Å². The third kappa shape index (κ3) is 2.25. The molecule has 0 bridgehead atoms. The number of hydrogen-bond donors (Lipinski definition) is 0. The van der Waals surface area contributed by atoms with Crippen LogP contribution in [0.5, 0.6) is 5.75 Å². The van der Waals surface area contributed by atoms with Crippen LogP contribution in [0.2, 0.25) is 0 Å². The van der Waals surface area contributed by atoms with Gasteiger partial charge >= 0.3 is 0 Å². The summed E-state index contributed by atoms with van der Waals surface area (Å²) in [7, 11) is 1.57. The molecule has 0 fully saturated rings. The number of nitro benzene ring substituents is 1. The van der Waals surface area contributed by atoms with Crippen LogP contribution in [-0.4, -0.2) is 12.0 Å². The predicted molar refractivity (Wildman–Crippen MR) is 65.1 cm³/mol. The van der Waals surface area contributed by atoms with E-state index < -0.39 is 0 Å². The summed E-state index contributed by atoms with van der Waals surface area (Å²) in [6.07, 6.45) is 0. The summed E-state index contributed by atoms with van der Waals surface area (Å²) in [6, 6.07) is 13.9. The second-order valence-corrected chi connectivity index (χ2v) is 3.51. The molecule has 0 saturated carbocycles. The predicted octanol–water partition coefficient (Wildman–Crippen LogP) is 3.27. The van der Waals surface area contributed by atoms with Crippen LogP contribution >= 0.6 is 0 Å². The minimum Gasteiger partial charge on any atom is -0.497 e. The van der Waals surface area contributed by atoms with Gasteiger partial charge in [-0.15, -0.1) is 0 Å². The lowest BCUT2D eigenvalue weighted by molar-refractivity contribution is -0.384. The standard InChI is InChI=1S/C13H11NO3/c1-17-11-6-4-5-10(9-11)12-7-2-3-8-13(12)14(15)16/h2-9H,1H3. The van der Waals surface area contributed by atoms with Gasteiger partial charge in [-0.2, -0.15) is 0 Å². The first kappa shape index (κ1) is 11.1. The lowest BCUT2D eigenvalue weighted by Gasteiger charge is -2.05. The monoisotopic (exact) mass is 229 g/mol. The first-order valence-electron chi connectivity index (χ1n) is 5.10. The van der Waals surface area contributed by atoms with Gasteiger partial charge in [0.05, 0.1) is 17.6 Å². The molecule has 0 aliphatic carbocycles. The van der Waals surface area contributed by atoms with E-state index in [1.165, 1.54) is 6.07 Å². The Hall–Kier alpha value is -2.36. The fourth-order valence-electron chi connectivity index (χ4n) is 1.67. The van der Waals surface area contributed by atoms with Gasteiger partial charge in [-0.05, 0) is 23.8 Å². The quantitative estimate of drug-likeness (QED) is 0.599. The van der Waals surface area contributed by atoms with E-state index in [0.29, 0.717) is 11.3 Å². The number of methoxy groups -OCH3 is 1. The van der Waals surface area contributed by atoms with E-state index in [-0.39, 0.29) is 10.6 Å². The van der Waals surface area contributed by atoms with Crippen LogP contribution in [0, 0.1) is 10.1 Å². The Balaban J connectivity index is 2.56. The lowest BCUT2D eigenvalue weighted by atomic mass is 10.0. The van der Waals surface area contributed by atoms with Crippen LogP contribution in [0.4, 0.5) is 5.69 Å². The van der Waals surface area contributed by atoms with Crippen LogP contribution in [-0.2, 0) is 0 Å². The van der Waals surface area contributed by atoms with Crippen molar-refractivity contribution in [3.63, 3.8) is 0 Å².